The molecule has 0 bridgehead atoms. The Kier molecular flexibility index (Phi) is 3.82. The molecule has 0 heterocycles. The Morgan fingerprint density at radius 3 is 2.93 bits per heavy atom. The maximum Gasteiger partial charge on any atom is 0.125 e. The number of ether oxygens (including phenoxy) is 1. The van der Waals surface area contributed by atoms with E-state index >= 15 is 0 Å². The zero-order valence-electron chi connectivity index (χ0n) is 7.96. The molecule has 1 aromatic rings. The lowest BCUT2D eigenvalue weighted by atomic mass is 10.0. The second-order valence-corrected chi connectivity index (χ2v) is 3.34. The molecule has 0 saturated heterocycles. The molecule has 2 N–H and O–H groups in total. The van der Waals surface area contributed by atoms with E-state index in [1.807, 2.05) is 6.07 Å². The number of nitrogens with two attached hydrogens (primary N) is 1. The highest BCUT2D eigenvalue weighted by molar-refractivity contribution is 6.30. The minimum absolute atomic E-state index is 0.202. The Bertz CT molecular complexity index is 357. The van der Waals surface area contributed by atoms with Crippen LogP contribution in [-0.4, -0.2) is 7.11 Å². The highest BCUT2D eigenvalue weighted by atomic mass is 35.5. The maximum absolute atomic E-state index is 5.87. The molecule has 1 unspecified atom stereocenters. The number of terminal acetylenes is 1. The fourth-order valence-electron chi connectivity index (χ4n) is 1.23. The third kappa shape index (κ3) is 2.41. The molecule has 0 saturated carbocycles. The van der Waals surface area contributed by atoms with Crippen LogP contribution in [0.1, 0.15) is 18.0 Å². The van der Waals surface area contributed by atoms with Crippen molar-refractivity contribution in [3.05, 3.63) is 28.8 Å². The number of rotatable bonds is 3. The summed E-state index contributed by atoms with van der Waals surface area (Å²) in [5, 5.41) is 0.624. The van der Waals surface area contributed by atoms with Gasteiger partial charge in [0.2, 0.25) is 0 Å². The van der Waals surface area contributed by atoms with Crippen LogP contribution in [0.3, 0.4) is 0 Å². The van der Waals surface area contributed by atoms with E-state index in [1.165, 1.54) is 0 Å². The number of hydrogen-bond donors (Lipinski definition) is 1. The first kappa shape index (κ1) is 10.9. The highest BCUT2D eigenvalue weighted by Gasteiger charge is 2.10. The number of hydrogen-bond acceptors (Lipinski definition) is 2. The Morgan fingerprint density at radius 1 is 1.64 bits per heavy atom. The van der Waals surface area contributed by atoms with E-state index in [1.54, 1.807) is 19.2 Å². The quantitative estimate of drug-likeness (QED) is 0.776. The first-order valence-corrected chi connectivity index (χ1v) is 4.59. The second kappa shape index (κ2) is 4.90. The van der Waals surface area contributed by atoms with Crippen molar-refractivity contribution in [1.29, 1.82) is 0 Å². The molecule has 1 rings (SSSR count). The molecule has 0 aromatic heterocycles. The van der Waals surface area contributed by atoms with Gasteiger partial charge in [-0.25, -0.2) is 0 Å². The number of benzene rings is 1. The molecule has 0 aliphatic carbocycles. The van der Waals surface area contributed by atoms with Gasteiger partial charge < -0.3 is 10.5 Å². The SMILES string of the molecule is C#CCC(N)c1ccc(Cl)cc1OC. The Hall–Kier alpha value is -1.17. The number of methoxy groups -OCH3 is 1. The average molecular weight is 210 g/mol. The summed E-state index contributed by atoms with van der Waals surface area (Å²) in [6.07, 6.45) is 5.68. The van der Waals surface area contributed by atoms with E-state index in [2.05, 4.69) is 5.92 Å². The third-order valence-electron chi connectivity index (χ3n) is 1.93. The predicted molar refractivity (Wildman–Crippen MR) is 58.4 cm³/mol. The lowest BCUT2D eigenvalue weighted by molar-refractivity contribution is 0.406. The van der Waals surface area contributed by atoms with Gasteiger partial charge in [0.05, 0.1) is 7.11 Å². The van der Waals surface area contributed by atoms with Crippen LogP contribution in [0.2, 0.25) is 5.02 Å². The van der Waals surface area contributed by atoms with Crippen LogP contribution >= 0.6 is 11.6 Å². The van der Waals surface area contributed by atoms with Gasteiger partial charge in [-0.1, -0.05) is 17.7 Å². The summed E-state index contributed by atoms with van der Waals surface area (Å²) in [7, 11) is 1.58. The summed E-state index contributed by atoms with van der Waals surface area (Å²) >= 11 is 5.82. The van der Waals surface area contributed by atoms with Crippen LogP contribution in [0.4, 0.5) is 0 Å². The van der Waals surface area contributed by atoms with Crippen molar-refractivity contribution < 1.29 is 4.74 Å². The van der Waals surface area contributed by atoms with E-state index in [4.69, 9.17) is 28.5 Å². The summed E-state index contributed by atoms with van der Waals surface area (Å²) < 4.78 is 5.16. The molecule has 3 heteroatoms. The lowest BCUT2D eigenvalue weighted by Gasteiger charge is -2.13. The van der Waals surface area contributed by atoms with Crippen LogP contribution in [0.25, 0.3) is 0 Å². The second-order valence-electron chi connectivity index (χ2n) is 2.90. The first-order valence-electron chi connectivity index (χ1n) is 4.21. The van der Waals surface area contributed by atoms with Gasteiger partial charge in [0.15, 0.2) is 0 Å². The molecular formula is C11H12ClNO. The number of halogens is 1. The van der Waals surface area contributed by atoms with Gasteiger partial charge in [0.25, 0.3) is 0 Å². The maximum atomic E-state index is 5.87. The van der Waals surface area contributed by atoms with Crippen molar-refractivity contribution in [3.8, 4) is 18.1 Å². The molecule has 74 valence electrons. The molecule has 1 atom stereocenters. The van der Waals surface area contributed by atoms with Crippen molar-refractivity contribution in [3.63, 3.8) is 0 Å². The van der Waals surface area contributed by atoms with Crippen molar-refractivity contribution in [2.75, 3.05) is 7.11 Å². The van der Waals surface area contributed by atoms with E-state index in [0.717, 1.165) is 5.56 Å². The van der Waals surface area contributed by atoms with Crippen molar-refractivity contribution in [2.45, 2.75) is 12.5 Å². The van der Waals surface area contributed by atoms with Gasteiger partial charge in [-0.15, -0.1) is 12.3 Å². The summed E-state index contributed by atoms with van der Waals surface area (Å²) in [4.78, 5) is 0. The summed E-state index contributed by atoms with van der Waals surface area (Å²) in [5.41, 5.74) is 6.75. The summed E-state index contributed by atoms with van der Waals surface area (Å²) in [6, 6.07) is 5.14. The van der Waals surface area contributed by atoms with E-state index < -0.39 is 0 Å². The fourth-order valence-corrected chi connectivity index (χ4v) is 1.39. The average Bonchev–Trinajstić information content (AvgIpc) is 2.17. The van der Waals surface area contributed by atoms with Crippen molar-refractivity contribution in [1.82, 2.24) is 0 Å². The topological polar surface area (TPSA) is 35.2 Å². The Balaban J connectivity index is 3.02. The van der Waals surface area contributed by atoms with Gasteiger partial charge in [-0.05, 0) is 12.1 Å². The molecular weight excluding hydrogens is 198 g/mol. The lowest BCUT2D eigenvalue weighted by Crippen LogP contribution is -2.10. The smallest absolute Gasteiger partial charge is 0.125 e. The molecule has 0 radical (unpaired) electrons. The van der Waals surface area contributed by atoms with Gasteiger partial charge in [0.1, 0.15) is 5.75 Å². The fraction of sp³-hybridized carbons (Fsp3) is 0.273. The van der Waals surface area contributed by atoms with Gasteiger partial charge in [-0.2, -0.15) is 0 Å². The Labute approximate surface area is 89.0 Å². The van der Waals surface area contributed by atoms with E-state index in [9.17, 15) is 0 Å². The molecule has 0 amide bonds. The van der Waals surface area contributed by atoms with Crippen molar-refractivity contribution >= 4 is 11.6 Å². The van der Waals surface area contributed by atoms with Crippen molar-refractivity contribution in [2.24, 2.45) is 5.73 Å². The predicted octanol–water partition coefficient (Wildman–Crippen LogP) is 2.37. The van der Waals surface area contributed by atoms with E-state index in [-0.39, 0.29) is 6.04 Å². The summed E-state index contributed by atoms with van der Waals surface area (Å²) in [5.74, 6) is 3.20. The molecule has 0 spiro atoms. The molecule has 14 heavy (non-hydrogen) atoms. The normalized spacial score (nSPS) is 11.9. The monoisotopic (exact) mass is 209 g/mol. The van der Waals surface area contributed by atoms with Crippen LogP contribution < -0.4 is 10.5 Å². The zero-order valence-corrected chi connectivity index (χ0v) is 8.71. The first-order chi connectivity index (χ1) is 6.69. The Morgan fingerprint density at radius 2 is 2.36 bits per heavy atom. The highest BCUT2D eigenvalue weighted by Crippen LogP contribution is 2.28. The van der Waals surface area contributed by atoms with Gasteiger partial charge in [0, 0.05) is 23.0 Å². The molecule has 1 aromatic carbocycles. The van der Waals surface area contributed by atoms with Gasteiger partial charge in [-0.3, -0.25) is 0 Å². The minimum atomic E-state index is -0.202. The third-order valence-corrected chi connectivity index (χ3v) is 2.17. The molecule has 0 aliphatic heterocycles. The van der Waals surface area contributed by atoms with Crippen LogP contribution in [-0.2, 0) is 0 Å². The molecule has 2 nitrogen and oxygen atoms in total. The zero-order chi connectivity index (χ0) is 10.6. The van der Waals surface area contributed by atoms with Gasteiger partial charge >= 0.3 is 0 Å². The molecule has 0 aliphatic rings. The largest absolute Gasteiger partial charge is 0.496 e. The van der Waals surface area contributed by atoms with Crippen LogP contribution in [0.15, 0.2) is 18.2 Å². The summed E-state index contributed by atoms with van der Waals surface area (Å²) in [6.45, 7) is 0. The van der Waals surface area contributed by atoms with E-state index in [0.29, 0.717) is 17.2 Å². The standard InChI is InChI=1S/C11H12ClNO/c1-3-4-10(13)9-6-5-8(12)7-11(9)14-2/h1,5-7,10H,4,13H2,2H3. The van der Waals surface area contributed by atoms with Crippen LogP contribution in [0.5, 0.6) is 5.75 Å². The minimum Gasteiger partial charge on any atom is -0.496 e. The molecule has 0 fully saturated rings. The van der Waals surface area contributed by atoms with Crippen LogP contribution in [0, 0.1) is 12.3 Å².